The second-order valence-corrected chi connectivity index (χ2v) is 6.34. The zero-order valence-corrected chi connectivity index (χ0v) is 11.7. The monoisotopic (exact) mass is 258 g/mol. The highest BCUT2D eigenvalue weighted by Crippen LogP contribution is 2.40. The van der Waals surface area contributed by atoms with Gasteiger partial charge < -0.3 is 10.6 Å². The molecule has 0 bridgehead atoms. The normalized spacial score (nSPS) is 22.3. The van der Waals surface area contributed by atoms with Gasteiger partial charge in [0.15, 0.2) is 0 Å². The molecule has 1 aromatic rings. The molecule has 3 nitrogen and oxygen atoms in total. The molecule has 1 aliphatic carbocycles. The molecule has 0 spiro atoms. The molecule has 1 amide bonds. The van der Waals surface area contributed by atoms with Crippen molar-refractivity contribution in [3.8, 4) is 0 Å². The fourth-order valence-corrected chi connectivity index (χ4v) is 3.05. The van der Waals surface area contributed by atoms with Crippen LogP contribution in [0.25, 0.3) is 0 Å². The van der Waals surface area contributed by atoms with E-state index < -0.39 is 0 Å². The van der Waals surface area contributed by atoms with Crippen molar-refractivity contribution in [1.82, 2.24) is 5.32 Å². The lowest BCUT2D eigenvalue weighted by atomic mass is 9.88. The molecule has 1 fully saturated rings. The predicted molar refractivity (Wildman–Crippen MR) is 77.2 cm³/mol. The Labute approximate surface area is 114 Å². The molecule has 0 saturated heterocycles. The Bertz CT molecular complexity index is 491. The zero-order chi connectivity index (χ0) is 13.5. The lowest BCUT2D eigenvalue weighted by Gasteiger charge is -2.31. The summed E-state index contributed by atoms with van der Waals surface area (Å²) in [6.07, 6.45) is 3.37. The highest BCUT2D eigenvalue weighted by atomic mass is 16.2. The lowest BCUT2D eigenvalue weighted by molar-refractivity contribution is -0.124. The molecule has 1 atom stereocenters. The Kier molecular flexibility index (Phi) is 3.00. The summed E-state index contributed by atoms with van der Waals surface area (Å²) in [6.45, 7) is 5.17. The van der Waals surface area contributed by atoms with Gasteiger partial charge in [0.1, 0.15) is 0 Å². The van der Waals surface area contributed by atoms with Gasteiger partial charge in [0.05, 0.1) is 5.92 Å². The molecule has 0 radical (unpaired) electrons. The number of hydrogen-bond acceptors (Lipinski definition) is 2. The van der Waals surface area contributed by atoms with E-state index in [1.165, 1.54) is 12.8 Å². The Morgan fingerprint density at radius 3 is 2.74 bits per heavy atom. The van der Waals surface area contributed by atoms with E-state index in [4.69, 9.17) is 0 Å². The van der Waals surface area contributed by atoms with Crippen LogP contribution >= 0.6 is 0 Å². The summed E-state index contributed by atoms with van der Waals surface area (Å²) in [7, 11) is 0. The first-order valence-electron chi connectivity index (χ1n) is 7.23. The Balaban J connectivity index is 1.77. The topological polar surface area (TPSA) is 41.1 Å². The van der Waals surface area contributed by atoms with Crippen LogP contribution in [0.5, 0.6) is 0 Å². The van der Waals surface area contributed by atoms with Gasteiger partial charge in [0, 0.05) is 17.8 Å². The minimum atomic E-state index is -0.0586. The van der Waals surface area contributed by atoms with Crippen LogP contribution in [0.3, 0.4) is 0 Å². The van der Waals surface area contributed by atoms with Crippen LogP contribution in [-0.4, -0.2) is 18.0 Å². The summed E-state index contributed by atoms with van der Waals surface area (Å²) < 4.78 is 0. The molecule has 1 unspecified atom stereocenters. The number of fused-ring (bicyclic) bond motifs is 1. The van der Waals surface area contributed by atoms with Gasteiger partial charge in [-0.1, -0.05) is 18.2 Å². The third kappa shape index (κ3) is 2.46. The van der Waals surface area contributed by atoms with E-state index in [0.29, 0.717) is 5.92 Å². The molecule has 1 saturated carbocycles. The third-order valence-electron chi connectivity index (χ3n) is 4.44. The van der Waals surface area contributed by atoms with Crippen molar-refractivity contribution in [3.63, 3.8) is 0 Å². The van der Waals surface area contributed by atoms with Gasteiger partial charge >= 0.3 is 0 Å². The molecule has 1 aromatic carbocycles. The average molecular weight is 258 g/mol. The van der Waals surface area contributed by atoms with Crippen molar-refractivity contribution in [2.45, 2.75) is 44.6 Å². The highest BCUT2D eigenvalue weighted by molar-refractivity contribution is 5.86. The van der Waals surface area contributed by atoms with Gasteiger partial charge in [0.25, 0.3) is 0 Å². The van der Waals surface area contributed by atoms with E-state index in [1.807, 2.05) is 12.1 Å². The largest absolute Gasteiger partial charge is 0.385 e. The number of amides is 1. The fraction of sp³-hybridized carbons (Fsp3) is 0.562. The minimum Gasteiger partial charge on any atom is -0.385 e. The number of para-hydroxylation sites is 1. The van der Waals surface area contributed by atoms with Crippen molar-refractivity contribution >= 4 is 11.6 Å². The van der Waals surface area contributed by atoms with Crippen molar-refractivity contribution in [3.05, 3.63) is 29.8 Å². The van der Waals surface area contributed by atoms with Crippen molar-refractivity contribution < 1.29 is 4.79 Å². The molecule has 102 valence electrons. The van der Waals surface area contributed by atoms with Crippen LogP contribution in [0.15, 0.2) is 24.3 Å². The molecule has 2 N–H and O–H groups in total. The maximum Gasteiger partial charge on any atom is 0.228 e. The van der Waals surface area contributed by atoms with Crippen LogP contribution in [0.4, 0.5) is 5.69 Å². The van der Waals surface area contributed by atoms with Crippen molar-refractivity contribution in [2.75, 3.05) is 11.9 Å². The van der Waals surface area contributed by atoms with Gasteiger partial charge in [0.2, 0.25) is 5.91 Å². The first kappa shape index (κ1) is 12.5. The summed E-state index contributed by atoms with van der Waals surface area (Å²) in [5.41, 5.74) is 2.19. The molecule has 1 aliphatic heterocycles. The summed E-state index contributed by atoms with van der Waals surface area (Å²) in [6, 6.07) is 8.15. The number of hydrogen-bond donors (Lipinski definition) is 2. The van der Waals surface area contributed by atoms with Crippen molar-refractivity contribution in [2.24, 2.45) is 5.92 Å². The third-order valence-corrected chi connectivity index (χ3v) is 4.44. The second-order valence-electron chi connectivity index (χ2n) is 6.34. The maximum absolute atomic E-state index is 12.6. The molecule has 19 heavy (non-hydrogen) atoms. The summed E-state index contributed by atoms with van der Waals surface area (Å²) in [5.74, 6) is 0.842. The standard InChI is InChI=1S/C16H22N2O/c1-16(2,11-7-8-11)18-15(19)13-9-10-17-14-6-4-3-5-12(13)14/h3-6,11,13,17H,7-10H2,1-2H3,(H,18,19). The minimum absolute atomic E-state index is 0.00419. The van der Waals surface area contributed by atoms with E-state index in [9.17, 15) is 4.79 Å². The number of carbonyl (C=O) groups excluding carboxylic acids is 1. The number of rotatable bonds is 3. The Hall–Kier alpha value is -1.51. The molecular weight excluding hydrogens is 236 g/mol. The Morgan fingerprint density at radius 2 is 2.00 bits per heavy atom. The molecule has 3 heteroatoms. The van der Waals surface area contributed by atoms with Crippen LogP contribution < -0.4 is 10.6 Å². The van der Waals surface area contributed by atoms with Crippen LogP contribution in [-0.2, 0) is 4.79 Å². The van der Waals surface area contributed by atoms with Gasteiger partial charge in [-0.2, -0.15) is 0 Å². The van der Waals surface area contributed by atoms with Gasteiger partial charge in [-0.3, -0.25) is 4.79 Å². The molecule has 0 aromatic heterocycles. The fourth-order valence-electron chi connectivity index (χ4n) is 3.05. The SMILES string of the molecule is CC(C)(NC(=O)C1CCNc2ccccc21)C1CC1. The molecule has 1 heterocycles. The zero-order valence-electron chi connectivity index (χ0n) is 11.7. The van der Waals surface area contributed by atoms with Crippen LogP contribution in [0.2, 0.25) is 0 Å². The summed E-state index contributed by atoms with van der Waals surface area (Å²) in [5, 5.41) is 6.63. The van der Waals surface area contributed by atoms with Crippen LogP contribution in [0.1, 0.15) is 44.6 Å². The summed E-state index contributed by atoms with van der Waals surface area (Å²) >= 11 is 0. The van der Waals surface area contributed by atoms with E-state index in [0.717, 1.165) is 24.2 Å². The van der Waals surface area contributed by atoms with E-state index in [2.05, 4.69) is 36.6 Å². The molecule has 3 rings (SSSR count). The van der Waals surface area contributed by atoms with E-state index in [-0.39, 0.29) is 17.4 Å². The highest BCUT2D eigenvalue weighted by Gasteiger charge is 2.40. The maximum atomic E-state index is 12.6. The molecule has 2 aliphatic rings. The predicted octanol–water partition coefficient (Wildman–Crippen LogP) is 2.89. The number of nitrogens with one attached hydrogen (secondary N) is 2. The number of carbonyl (C=O) groups is 1. The molecular formula is C16H22N2O. The van der Waals surface area contributed by atoms with E-state index >= 15 is 0 Å². The first-order chi connectivity index (χ1) is 9.08. The van der Waals surface area contributed by atoms with Crippen LogP contribution in [0, 0.1) is 5.92 Å². The number of anilines is 1. The van der Waals surface area contributed by atoms with E-state index in [1.54, 1.807) is 0 Å². The quantitative estimate of drug-likeness (QED) is 0.875. The lowest BCUT2D eigenvalue weighted by Crippen LogP contribution is -2.47. The second kappa shape index (κ2) is 4.55. The average Bonchev–Trinajstić information content (AvgIpc) is 3.22. The number of benzene rings is 1. The van der Waals surface area contributed by atoms with Gasteiger partial charge in [-0.05, 0) is 50.7 Å². The van der Waals surface area contributed by atoms with Gasteiger partial charge in [-0.25, -0.2) is 0 Å². The van der Waals surface area contributed by atoms with Crippen molar-refractivity contribution in [1.29, 1.82) is 0 Å². The summed E-state index contributed by atoms with van der Waals surface area (Å²) in [4.78, 5) is 12.6. The Morgan fingerprint density at radius 1 is 1.26 bits per heavy atom. The van der Waals surface area contributed by atoms with Gasteiger partial charge in [-0.15, -0.1) is 0 Å². The smallest absolute Gasteiger partial charge is 0.228 e. The first-order valence-corrected chi connectivity index (χ1v) is 7.23.